The smallest absolute Gasteiger partial charge is 0.383 e. The minimum absolute atomic E-state index is 0.0741. The molecule has 0 aromatic carbocycles. The van der Waals surface area contributed by atoms with E-state index in [0.717, 1.165) is 18.9 Å². The van der Waals surface area contributed by atoms with Crippen LogP contribution in [-0.4, -0.2) is 36.8 Å². The maximum Gasteiger partial charge on any atom is 0.433 e. The first-order valence-electron chi connectivity index (χ1n) is 6.30. The van der Waals surface area contributed by atoms with E-state index in [4.69, 9.17) is 4.74 Å². The van der Waals surface area contributed by atoms with E-state index < -0.39 is 11.9 Å². The Balaban J connectivity index is 2.98. The van der Waals surface area contributed by atoms with Crippen molar-refractivity contribution in [3.05, 3.63) is 11.8 Å². The number of rotatable bonds is 7. The van der Waals surface area contributed by atoms with Gasteiger partial charge in [-0.05, 0) is 6.42 Å². The average Bonchev–Trinajstić information content (AvgIpc) is 2.38. The Hall–Kier alpha value is -1.57. The molecule has 114 valence electrons. The van der Waals surface area contributed by atoms with Crippen LogP contribution < -0.4 is 10.6 Å². The summed E-state index contributed by atoms with van der Waals surface area (Å²) in [5.74, 6) is 0.0576. The van der Waals surface area contributed by atoms with Gasteiger partial charge in [-0.15, -0.1) is 0 Å². The Bertz CT molecular complexity index is 420. The lowest BCUT2D eigenvalue weighted by molar-refractivity contribution is -0.141. The number of hydrogen-bond acceptors (Lipinski definition) is 5. The monoisotopic (exact) mass is 292 g/mol. The molecule has 8 heteroatoms. The van der Waals surface area contributed by atoms with Gasteiger partial charge in [-0.1, -0.05) is 13.3 Å². The third kappa shape index (κ3) is 4.84. The topological polar surface area (TPSA) is 59.1 Å². The second-order valence-electron chi connectivity index (χ2n) is 4.30. The molecule has 1 rings (SSSR count). The van der Waals surface area contributed by atoms with E-state index in [0.29, 0.717) is 6.61 Å². The highest BCUT2D eigenvalue weighted by atomic mass is 19.4. The fourth-order valence-electron chi connectivity index (χ4n) is 1.73. The molecule has 1 unspecified atom stereocenters. The van der Waals surface area contributed by atoms with E-state index in [1.54, 1.807) is 7.11 Å². The van der Waals surface area contributed by atoms with Crippen LogP contribution in [0.15, 0.2) is 6.07 Å². The van der Waals surface area contributed by atoms with Crippen LogP contribution in [0.3, 0.4) is 0 Å². The fourth-order valence-corrected chi connectivity index (χ4v) is 1.73. The molecular weight excluding hydrogens is 273 g/mol. The first-order valence-corrected chi connectivity index (χ1v) is 6.30. The van der Waals surface area contributed by atoms with Gasteiger partial charge in [0.1, 0.15) is 5.82 Å². The lowest BCUT2D eigenvalue weighted by Crippen LogP contribution is -2.26. The van der Waals surface area contributed by atoms with E-state index in [2.05, 4.69) is 20.6 Å². The number of aromatic nitrogens is 2. The number of nitrogens with zero attached hydrogens (tertiary/aromatic N) is 2. The normalized spacial score (nSPS) is 13.1. The van der Waals surface area contributed by atoms with Crippen LogP contribution in [0.2, 0.25) is 0 Å². The van der Waals surface area contributed by atoms with Crippen molar-refractivity contribution in [2.75, 3.05) is 31.4 Å². The molecule has 1 heterocycles. The van der Waals surface area contributed by atoms with Crippen LogP contribution in [0.4, 0.5) is 24.9 Å². The number of anilines is 2. The standard InChI is InChI=1S/C12H19F3N4O/c1-4-5-8(7-20-3)17-10-6-9(12(13,14)15)18-11(16-2)19-10/h6,8H,4-5,7H2,1-3H3,(H2,16,17,18,19). The fraction of sp³-hybridized carbons (Fsp3) is 0.667. The first-order chi connectivity index (χ1) is 9.40. The second kappa shape index (κ2) is 7.28. The Kier molecular flexibility index (Phi) is 6.00. The molecule has 0 bridgehead atoms. The zero-order valence-corrected chi connectivity index (χ0v) is 11.7. The molecule has 5 nitrogen and oxygen atoms in total. The molecule has 0 spiro atoms. The quantitative estimate of drug-likeness (QED) is 0.809. The molecule has 2 N–H and O–H groups in total. The molecule has 20 heavy (non-hydrogen) atoms. The third-order valence-corrected chi connectivity index (χ3v) is 2.60. The maximum atomic E-state index is 12.7. The van der Waals surface area contributed by atoms with Crippen molar-refractivity contribution in [2.45, 2.75) is 32.0 Å². The number of nitrogens with one attached hydrogen (secondary N) is 2. The number of methoxy groups -OCH3 is 1. The van der Waals surface area contributed by atoms with Crippen LogP contribution in [-0.2, 0) is 10.9 Å². The van der Waals surface area contributed by atoms with Crippen molar-refractivity contribution >= 4 is 11.8 Å². The van der Waals surface area contributed by atoms with Gasteiger partial charge >= 0.3 is 6.18 Å². The van der Waals surface area contributed by atoms with Gasteiger partial charge < -0.3 is 15.4 Å². The zero-order chi connectivity index (χ0) is 15.2. The molecule has 0 saturated heterocycles. The molecule has 0 fully saturated rings. The molecular formula is C12H19F3N4O. The van der Waals surface area contributed by atoms with E-state index in [-0.39, 0.29) is 17.8 Å². The minimum atomic E-state index is -4.51. The van der Waals surface area contributed by atoms with E-state index in [1.165, 1.54) is 7.05 Å². The molecule has 0 aliphatic carbocycles. The van der Waals surface area contributed by atoms with Crippen molar-refractivity contribution < 1.29 is 17.9 Å². The van der Waals surface area contributed by atoms with Gasteiger partial charge in [0.05, 0.1) is 12.6 Å². The lowest BCUT2D eigenvalue weighted by atomic mass is 10.2. The molecule has 0 saturated carbocycles. The molecule has 1 atom stereocenters. The Labute approximate surface area is 116 Å². The van der Waals surface area contributed by atoms with Crippen LogP contribution in [0, 0.1) is 0 Å². The number of halogens is 3. The number of ether oxygens (including phenoxy) is 1. The summed E-state index contributed by atoms with van der Waals surface area (Å²) in [6.45, 7) is 2.39. The summed E-state index contributed by atoms with van der Waals surface area (Å²) in [5, 5.41) is 5.48. The highest BCUT2D eigenvalue weighted by Crippen LogP contribution is 2.29. The number of hydrogen-bond donors (Lipinski definition) is 2. The Morgan fingerprint density at radius 3 is 2.55 bits per heavy atom. The summed E-state index contributed by atoms with van der Waals surface area (Å²) in [7, 11) is 3.02. The highest BCUT2D eigenvalue weighted by Gasteiger charge is 2.33. The van der Waals surface area contributed by atoms with Gasteiger partial charge in [-0.2, -0.15) is 18.2 Å². The van der Waals surface area contributed by atoms with E-state index in [1.807, 2.05) is 6.92 Å². The predicted octanol–water partition coefficient (Wildman–Crippen LogP) is 2.76. The second-order valence-corrected chi connectivity index (χ2v) is 4.30. The number of alkyl halides is 3. The summed E-state index contributed by atoms with van der Waals surface area (Å²) >= 11 is 0. The van der Waals surface area contributed by atoms with Crippen molar-refractivity contribution in [1.29, 1.82) is 0 Å². The first kappa shape index (κ1) is 16.5. The van der Waals surface area contributed by atoms with Gasteiger partial charge in [0.25, 0.3) is 0 Å². The van der Waals surface area contributed by atoms with E-state index in [9.17, 15) is 13.2 Å². The summed E-state index contributed by atoms with van der Waals surface area (Å²) < 4.78 is 43.3. The molecule has 0 aliphatic heterocycles. The molecule has 1 aromatic heterocycles. The third-order valence-electron chi connectivity index (χ3n) is 2.60. The minimum Gasteiger partial charge on any atom is -0.383 e. The SMILES string of the molecule is CCCC(COC)Nc1cc(C(F)(F)F)nc(NC)n1. The Morgan fingerprint density at radius 2 is 2.05 bits per heavy atom. The maximum absolute atomic E-state index is 12.7. The summed E-state index contributed by atoms with van der Waals surface area (Å²) in [4.78, 5) is 7.38. The summed E-state index contributed by atoms with van der Waals surface area (Å²) in [5.41, 5.74) is -0.980. The van der Waals surface area contributed by atoms with Gasteiger partial charge in [0.2, 0.25) is 5.95 Å². The van der Waals surface area contributed by atoms with Gasteiger partial charge in [-0.3, -0.25) is 0 Å². The molecule has 0 radical (unpaired) electrons. The largest absolute Gasteiger partial charge is 0.433 e. The van der Waals surface area contributed by atoms with Crippen molar-refractivity contribution in [2.24, 2.45) is 0 Å². The Morgan fingerprint density at radius 1 is 1.35 bits per heavy atom. The highest BCUT2D eigenvalue weighted by molar-refractivity contribution is 5.43. The van der Waals surface area contributed by atoms with Crippen molar-refractivity contribution in [3.63, 3.8) is 0 Å². The predicted molar refractivity (Wildman–Crippen MR) is 70.8 cm³/mol. The van der Waals surface area contributed by atoms with Crippen molar-refractivity contribution in [1.82, 2.24) is 9.97 Å². The van der Waals surface area contributed by atoms with E-state index >= 15 is 0 Å². The summed E-state index contributed by atoms with van der Waals surface area (Å²) in [6.07, 6.45) is -2.85. The van der Waals surface area contributed by atoms with Crippen LogP contribution in [0.5, 0.6) is 0 Å². The van der Waals surface area contributed by atoms with Crippen LogP contribution >= 0.6 is 0 Å². The van der Waals surface area contributed by atoms with Crippen molar-refractivity contribution in [3.8, 4) is 0 Å². The van der Waals surface area contributed by atoms with Crippen LogP contribution in [0.25, 0.3) is 0 Å². The molecule has 0 aliphatic rings. The summed E-state index contributed by atoms with van der Waals surface area (Å²) in [6, 6.07) is 0.810. The average molecular weight is 292 g/mol. The zero-order valence-electron chi connectivity index (χ0n) is 11.7. The molecule has 0 amide bonds. The van der Waals surface area contributed by atoms with Gasteiger partial charge in [0, 0.05) is 20.2 Å². The molecule has 1 aromatic rings. The van der Waals surface area contributed by atoms with Gasteiger partial charge in [0.15, 0.2) is 5.69 Å². The lowest BCUT2D eigenvalue weighted by Gasteiger charge is -2.19. The van der Waals surface area contributed by atoms with Gasteiger partial charge in [-0.25, -0.2) is 4.98 Å². The van der Waals surface area contributed by atoms with Crippen LogP contribution in [0.1, 0.15) is 25.5 Å².